The van der Waals surface area contributed by atoms with Gasteiger partial charge in [-0.1, -0.05) is 42.8 Å². The first-order chi connectivity index (χ1) is 23.7. The summed E-state index contributed by atoms with van der Waals surface area (Å²) in [5.41, 5.74) is 10.5. The van der Waals surface area contributed by atoms with E-state index in [9.17, 15) is 15.2 Å². The van der Waals surface area contributed by atoms with Gasteiger partial charge in [0, 0.05) is 55.9 Å². The maximum absolute atomic E-state index is 13.2. The lowest BCUT2D eigenvalue weighted by Gasteiger charge is -2.33. The third kappa shape index (κ3) is 7.97. The summed E-state index contributed by atoms with van der Waals surface area (Å²) in [6, 6.07) is 18.8. The molecule has 4 aromatic rings. The summed E-state index contributed by atoms with van der Waals surface area (Å²) >= 11 is 0. The number of rotatable bonds is 9. The number of benzene rings is 2. The SMILES string of the molecule is Cc1cc(CN2CCCC[C@H]2C)c(C)cc1/C=C/c1nccc(-c2cccc(NC(=O)c3ccc(CN4CC[C@@H](O)C4)cn3)c2C)c1C#N. The van der Waals surface area contributed by atoms with E-state index in [0.717, 1.165) is 53.9 Å². The first kappa shape index (κ1) is 34.2. The van der Waals surface area contributed by atoms with E-state index in [1.165, 1.54) is 36.0 Å². The lowest BCUT2D eigenvalue weighted by atomic mass is 9.94. The highest BCUT2D eigenvalue weighted by Gasteiger charge is 2.21. The van der Waals surface area contributed by atoms with Crippen molar-refractivity contribution in [3.8, 4) is 17.2 Å². The zero-order valence-electron chi connectivity index (χ0n) is 29.0. The molecule has 2 aliphatic heterocycles. The first-order valence-corrected chi connectivity index (χ1v) is 17.4. The van der Waals surface area contributed by atoms with Gasteiger partial charge in [-0.05, 0) is 117 Å². The van der Waals surface area contributed by atoms with Crippen LogP contribution in [0.15, 0.2) is 60.9 Å². The number of aliphatic hydroxyl groups excluding tert-OH is 1. The Kier molecular flexibility index (Phi) is 10.6. The van der Waals surface area contributed by atoms with Crippen molar-refractivity contribution >= 4 is 23.7 Å². The molecule has 8 nitrogen and oxygen atoms in total. The van der Waals surface area contributed by atoms with Crippen molar-refractivity contribution in [2.24, 2.45) is 0 Å². The predicted octanol–water partition coefficient (Wildman–Crippen LogP) is 7.30. The molecule has 49 heavy (non-hydrogen) atoms. The number of carbonyl (C=O) groups excluding carboxylic acids is 1. The Labute approximate surface area is 290 Å². The number of anilines is 1. The Bertz CT molecular complexity index is 1890. The van der Waals surface area contributed by atoms with Gasteiger partial charge < -0.3 is 10.4 Å². The van der Waals surface area contributed by atoms with Crippen LogP contribution in [0.4, 0.5) is 5.69 Å². The zero-order chi connectivity index (χ0) is 34.5. The minimum absolute atomic E-state index is 0.272. The van der Waals surface area contributed by atoms with Gasteiger partial charge in [0.25, 0.3) is 5.91 Å². The molecule has 0 radical (unpaired) electrons. The number of hydrogen-bond donors (Lipinski definition) is 2. The molecule has 2 aromatic heterocycles. The number of nitrogens with one attached hydrogen (secondary N) is 1. The Morgan fingerprint density at radius 3 is 2.59 bits per heavy atom. The van der Waals surface area contributed by atoms with Gasteiger partial charge in [0.15, 0.2) is 0 Å². The number of aryl methyl sites for hydroxylation is 2. The van der Waals surface area contributed by atoms with Crippen molar-refractivity contribution in [2.45, 2.75) is 78.6 Å². The van der Waals surface area contributed by atoms with Gasteiger partial charge in [-0.2, -0.15) is 5.26 Å². The average Bonchev–Trinajstić information content (AvgIpc) is 3.51. The highest BCUT2D eigenvalue weighted by atomic mass is 16.3. The molecule has 2 atom stereocenters. The van der Waals surface area contributed by atoms with E-state index in [1.54, 1.807) is 18.5 Å². The van der Waals surface area contributed by atoms with Gasteiger partial charge in [-0.3, -0.25) is 24.6 Å². The number of aromatic nitrogens is 2. The monoisotopic (exact) mass is 654 g/mol. The van der Waals surface area contributed by atoms with Crippen LogP contribution in [0.25, 0.3) is 23.3 Å². The molecule has 1 amide bonds. The van der Waals surface area contributed by atoms with Crippen molar-refractivity contribution in [3.05, 3.63) is 111 Å². The molecule has 0 unspecified atom stereocenters. The van der Waals surface area contributed by atoms with Crippen LogP contribution in [0.1, 0.15) is 87.7 Å². The van der Waals surface area contributed by atoms with Gasteiger partial charge in [-0.15, -0.1) is 0 Å². The third-order valence-corrected chi connectivity index (χ3v) is 10.1. The second-order valence-corrected chi connectivity index (χ2v) is 13.7. The summed E-state index contributed by atoms with van der Waals surface area (Å²) in [6.45, 7) is 13.0. The number of carbonyl (C=O) groups is 1. The molecule has 0 spiro atoms. The normalized spacial score (nSPS) is 18.5. The molecular formula is C41H46N6O2. The molecule has 6 rings (SSSR count). The molecule has 252 valence electrons. The first-order valence-electron chi connectivity index (χ1n) is 17.4. The number of piperidine rings is 1. The second-order valence-electron chi connectivity index (χ2n) is 13.7. The predicted molar refractivity (Wildman–Crippen MR) is 196 cm³/mol. The number of aliphatic hydroxyl groups is 1. The van der Waals surface area contributed by atoms with E-state index >= 15 is 0 Å². The summed E-state index contributed by atoms with van der Waals surface area (Å²) in [6.07, 6.45) is 11.8. The van der Waals surface area contributed by atoms with E-state index in [1.807, 2.05) is 43.3 Å². The largest absolute Gasteiger partial charge is 0.392 e. The maximum Gasteiger partial charge on any atom is 0.274 e. The van der Waals surface area contributed by atoms with Crippen LogP contribution in [0.3, 0.4) is 0 Å². The van der Waals surface area contributed by atoms with Crippen LogP contribution < -0.4 is 5.32 Å². The molecule has 0 aliphatic carbocycles. The van der Waals surface area contributed by atoms with Gasteiger partial charge in [-0.25, -0.2) is 0 Å². The summed E-state index contributed by atoms with van der Waals surface area (Å²) < 4.78 is 0. The van der Waals surface area contributed by atoms with E-state index in [4.69, 9.17) is 0 Å². The minimum Gasteiger partial charge on any atom is -0.392 e. The molecule has 2 fully saturated rings. The van der Waals surface area contributed by atoms with Crippen molar-refractivity contribution in [1.82, 2.24) is 19.8 Å². The minimum atomic E-state index is -0.302. The van der Waals surface area contributed by atoms with Crippen molar-refractivity contribution in [3.63, 3.8) is 0 Å². The van der Waals surface area contributed by atoms with Crippen LogP contribution in [0.2, 0.25) is 0 Å². The topological polar surface area (TPSA) is 105 Å². The third-order valence-electron chi connectivity index (χ3n) is 10.1. The van der Waals surface area contributed by atoms with Gasteiger partial charge >= 0.3 is 0 Å². The average molecular weight is 655 g/mol. The van der Waals surface area contributed by atoms with Crippen molar-refractivity contribution < 1.29 is 9.90 Å². The van der Waals surface area contributed by atoms with Gasteiger partial charge in [0.05, 0.1) is 17.4 Å². The Morgan fingerprint density at radius 1 is 1.00 bits per heavy atom. The van der Waals surface area contributed by atoms with Gasteiger partial charge in [0.1, 0.15) is 11.8 Å². The molecule has 2 aliphatic rings. The quantitative estimate of drug-likeness (QED) is 0.195. The number of likely N-dealkylation sites (tertiary alicyclic amines) is 2. The summed E-state index contributed by atoms with van der Waals surface area (Å²) in [5.74, 6) is -0.302. The fourth-order valence-electron chi connectivity index (χ4n) is 7.09. The Balaban J connectivity index is 1.18. The van der Waals surface area contributed by atoms with Crippen LogP contribution >= 0.6 is 0 Å². The molecule has 2 saturated heterocycles. The number of hydrogen-bond acceptors (Lipinski definition) is 7. The number of nitriles is 1. The Morgan fingerprint density at radius 2 is 1.86 bits per heavy atom. The van der Waals surface area contributed by atoms with E-state index in [0.29, 0.717) is 41.8 Å². The fourth-order valence-corrected chi connectivity index (χ4v) is 7.09. The smallest absolute Gasteiger partial charge is 0.274 e. The standard InChI is InChI=1S/C41H46N6O2/c1-27-21-33(25-47-18-6-5-8-29(47)3)28(2)20-32(27)12-14-39-37(22-42)36(15-17-43-39)35-9-7-10-38(30(35)4)45-41(49)40-13-11-31(23-44-40)24-46-19-16-34(48)26-46/h7,9-15,17,20-21,23,29,34,48H,5-6,8,16,18-19,24-26H2,1-4H3,(H,45,49)/b14-12+/t29-,34-/m1/s1. The molecule has 8 heteroatoms. The van der Waals surface area contributed by atoms with Crippen molar-refractivity contribution in [1.29, 1.82) is 5.26 Å². The summed E-state index contributed by atoms with van der Waals surface area (Å²) in [7, 11) is 0. The molecule has 2 aromatic carbocycles. The lowest BCUT2D eigenvalue weighted by Crippen LogP contribution is -2.36. The van der Waals surface area contributed by atoms with Crippen LogP contribution in [0, 0.1) is 32.1 Å². The number of amides is 1. The van der Waals surface area contributed by atoms with Crippen LogP contribution in [0.5, 0.6) is 0 Å². The van der Waals surface area contributed by atoms with Crippen molar-refractivity contribution in [2.75, 3.05) is 25.0 Å². The van der Waals surface area contributed by atoms with Crippen LogP contribution in [-0.2, 0) is 13.1 Å². The lowest BCUT2D eigenvalue weighted by molar-refractivity contribution is 0.102. The van der Waals surface area contributed by atoms with Crippen LogP contribution in [-0.4, -0.2) is 62.6 Å². The maximum atomic E-state index is 13.2. The summed E-state index contributed by atoms with van der Waals surface area (Å²) in [4.78, 5) is 27.0. The molecule has 0 bridgehead atoms. The Hall–Kier alpha value is -4.68. The molecule has 2 N–H and O–H groups in total. The van der Waals surface area contributed by atoms with E-state index in [2.05, 4.69) is 70.1 Å². The van der Waals surface area contributed by atoms with Gasteiger partial charge in [0.2, 0.25) is 0 Å². The second kappa shape index (κ2) is 15.3. The molecule has 4 heterocycles. The summed E-state index contributed by atoms with van der Waals surface area (Å²) in [5, 5.41) is 23.1. The van der Waals surface area contributed by atoms with E-state index < -0.39 is 0 Å². The molecular weight excluding hydrogens is 608 g/mol. The number of pyridine rings is 2. The van der Waals surface area contributed by atoms with E-state index in [-0.39, 0.29) is 12.0 Å². The zero-order valence-corrected chi connectivity index (χ0v) is 29.0. The number of nitrogens with zero attached hydrogens (tertiary/aromatic N) is 5. The highest BCUT2D eigenvalue weighted by Crippen LogP contribution is 2.33. The molecule has 0 saturated carbocycles. The highest BCUT2D eigenvalue weighted by molar-refractivity contribution is 6.03. The fraction of sp³-hybridized carbons (Fsp3) is 0.366. The number of β-amino-alcohol motifs (C(OH)–C–C–N with tert-alkyl or cyclic N) is 1.